The zero-order chi connectivity index (χ0) is 8.55. The van der Waals surface area contributed by atoms with E-state index in [2.05, 4.69) is 27.0 Å². The summed E-state index contributed by atoms with van der Waals surface area (Å²) in [5.74, 6) is 0. The lowest BCUT2D eigenvalue weighted by atomic mass is 10.2. The van der Waals surface area contributed by atoms with Crippen molar-refractivity contribution >= 4 is 26.8 Å². The van der Waals surface area contributed by atoms with Crippen LogP contribution >= 0.6 is 15.9 Å². The third kappa shape index (κ3) is 1.01. The minimum Gasteiger partial charge on any atom is -0.360 e. The van der Waals surface area contributed by atoms with E-state index in [0.717, 1.165) is 15.4 Å². The van der Waals surface area contributed by atoms with Crippen molar-refractivity contribution in [2.24, 2.45) is 0 Å². The SMILES string of the molecule is N#Cc1cc(Br)cc2cc[nH]c12. The Morgan fingerprint density at radius 1 is 1.42 bits per heavy atom. The second-order valence-electron chi connectivity index (χ2n) is 2.51. The van der Waals surface area contributed by atoms with E-state index in [1.54, 1.807) is 6.07 Å². The van der Waals surface area contributed by atoms with Crippen LogP contribution in [0.3, 0.4) is 0 Å². The Hall–Kier alpha value is -1.27. The number of nitriles is 1. The molecule has 0 bridgehead atoms. The Morgan fingerprint density at radius 3 is 3.00 bits per heavy atom. The van der Waals surface area contributed by atoms with Crippen molar-refractivity contribution in [3.63, 3.8) is 0 Å². The van der Waals surface area contributed by atoms with Gasteiger partial charge in [0.25, 0.3) is 0 Å². The number of nitrogens with zero attached hydrogens (tertiary/aromatic N) is 1. The lowest BCUT2D eigenvalue weighted by Crippen LogP contribution is -1.77. The van der Waals surface area contributed by atoms with Gasteiger partial charge in [0.1, 0.15) is 6.07 Å². The number of halogens is 1. The Morgan fingerprint density at radius 2 is 2.25 bits per heavy atom. The van der Waals surface area contributed by atoms with Gasteiger partial charge in [0.15, 0.2) is 0 Å². The van der Waals surface area contributed by atoms with Crippen molar-refractivity contribution in [2.45, 2.75) is 0 Å². The normalized spacial score (nSPS) is 10.0. The number of aromatic nitrogens is 1. The zero-order valence-electron chi connectivity index (χ0n) is 6.13. The summed E-state index contributed by atoms with van der Waals surface area (Å²) in [6.07, 6.45) is 1.83. The van der Waals surface area contributed by atoms with E-state index in [-0.39, 0.29) is 0 Å². The molecule has 2 aromatic rings. The van der Waals surface area contributed by atoms with Gasteiger partial charge < -0.3 is 4.98 Å². The molecule has 0 aliphatic heterocycles. The third-order valence-corrected chi connectivity index (χ3v) is 2.20. The number of H-pyrrole nitrogens is 1. The van der Waals surface area contributed by atoms with Crippen LogP contribution in [0.2, 0.25) is 0 Å². The molecule has 0 aliphatic carbocycles. The van der Waals surface area contributed by atoms with Crippen LogP contribution in [0, 0.1) is 11.3 Å². The fourth-order valence-electron chi connectivity index (χ4n) is 1.22. The van der Waals surface area contributed by atoms with Crippen LogP contribution in [-0.2, 0) is 0 Å². The maximum atomic E-state index is 8.79. The highest BCUT2D eigenvalue weighted by Crippen LogP contribution is 2.22. The van der Waals surface area contributed by atoms with Crippen molar-refractivity contribution in [3.8, 4) is 6.07 Å². The summed E-state index contributed by atoms with van der Waals surface area (Å²) in [6, 6.07) is 7.86. The highest BCUT2D eigenvalue weighted by molar-refractivity contribution is 9.10. The van der Waals surface area contributed by atoms with Crippen LogP contribution < -0.4 is 0 Å². The average molecular weight is 221 g/mol. The maximum absolute atomic E-state index is 8.79. The molecular formula is C9H5BrN2. The summed E-state index contributed by atoms with van der Waals surface area (Å²) in [7, 11) is 0. The predicted molar refractivity (Wildman–Crippen MR) is 50.7 cm³/mol. The van der Waals surface area contributed by atoms with Gasteiger partial charge in [0.05, 0.1) is 11.1 Å². The second kappa shape index (κ2) is 2.65. The summed E-state index contributed by atoms with van der Waals surface area (Å²) in [5.41, 5.74) is 1.57. The van der Waals surface area contributed by atoms with Crippen molar-refractivity contribution in [1.29, 1.82) is 5.26 Å². The zero-order valence-corrected chi connectivity index (χ0v) is 7.72. The molecule has 3 heteroatoms. The number of fused-ring (bicyclic) bond motifs is 1. The Labute approximate surface area is 77.9 Å². The predicted octanol–water partition coefficient (Wildman–Crippen LogP) is 2.80. The second-order valence-corrected chi connectivity index (χ2v) is 3.42. The van der Waals surface area contributed by atoms with Crippen molar-refractivity contribution in [3.05, 3.63) is 34.4 Å². The summed E-state index contributed by atoms with van der Waals surface area (Å²) in [6.45, 7) is 0. The first-order chi connectivity index (χ1) is 5.81. The van der Waals surface area contributed by atoms with Crippen molar-refractivity contribution in [2.75, 3.05) is 0 Å². The lowest BCUT2D eigenvalue weighted by molar-refractivity contribution is 1.44. The molecule has 58 valence electrons. The molecule has 0 saturated carbocycles. The molecule has 1 aromatic heterocycles. The van der Waals surface area contributed by atoms with Gasteiger partial charge in [-0.2, -0.15) is 5.26 Å². The molecule has 2 rings (SSSR count). The molecule has 0 saturated heterocycles. The maximum Gasteiger partial charge on any atom is 0.101 e. The molecule has 12 heavy (non-hydrogen) atoms. The van der Waals surface area contributed by atoms with Gasteiger partial charge in [-0.1, -0.05) is 15.9 Å². The smallest absolute Gasteiger partial charge is 0.101 e. The van der Waals surface area contributed by atoms with Crippen molar-refractivity contribution < 1.29 is 0 Å². The van der Waals surface area contributed by atoms with E-state index in [0.29, 0.717) is 5.56 Å². The first-order valence-electron chi connectivity index (χ1n) is 3.48. The van der Waals surface area contributed by atoms with Crippen LogP contribution in [0.4, 0.5) is 0 Å². The molecule has 1 N–H and O–H groups in total. The molecule has 0 atom stereocenters. The van der Waals surface area contributed by atoms with Gasteiger partial charge in [-0.05, 0) is 18.2 Å². The molecule has 0 radical (unpaired) electrons. The van der Waals surface area contributed by atoms with Crippen LogP contribution in [0.5, 0.6) is 0 Å². The van der Waals surface area contributed by atoms with E-state index >= 15 is 0 Å². The van der Waals surface area contributed by atoms with Crippen LogP contribution in [0.1, 0.15) is 5.56 Å². The molecule has 2 nitrogen and oxygen atoms in total. The topological polar surface area (TPSA) is 39.6 Å². The largest absolute Gasteiger partial charge is 0.360 e. The molecule has 1 aromatic carbocycles. The number of nitrogens with one attached hydrogen (secondary N) is 1. The summed E-state index contributed by atoms with van der Waals surface area (Å²) >= 11 is 3.34. The van der Waals surface area contributed by atoms with Gasteiger partial charge in [-0.25, -0.2) is 0 Å². The fourth-order valence-corrected chi connectivity index (χ4v) is 1.70. The monoisotopic (exact) mass is 220 g/mol. The highest BCUT2D eigenvalue weighted by Gasteiger charge is 2.01. The Bertz CT molecular complexity index is 465. The van der Waals surface area contributed by atoms with Gasteiger partial charge in [-0.15, -0.1) is 0 Å². The van der Waals surface area contributed by atoms with Crippen LogP contribution in [0.25, 0.3) is 10.9 Å². The number of aromatic amines is 1. The first-order valence-corrected chi connectivity index (χ1v) is 4.27. The van der Waals surface area contributed by atoms with E-state index in [1.165, 1.54) is 0 Å². The van der Waals surface area contributed by atoms with Crippen molar-refractivity contribution in [1.82, 2.24) is 4.98 Å². The Kier molecular flexibility index (Phi) is 1.63. The van der Waals surface area contributed by atoms with Gasteiger partial charge in [0.2, 0.25) is 0 Å². The summed E-state index contributed by atoms with van der Waals surface area (Å²) < 4.78 is 0.936. The lowest BCUT2D eigenvalue weighted by Gasteiger charge is -1.94. The quantitative estimate of drug-likeness (QED) is 0.729. The first kappa shape index (κ1) is 7.38. The Balaban J connectivity index is 2.91. The number of hydrogen-bond donors (Lipinski definition) is 1. The van der Waals surface area contributed by atoms with Gasteiger partial charge in [-0.3, -0.25) is 0 Å². The highest BCUT2D eigenvalue weighted by atomic mass is 79.9. The van der Waals surface area contributed by atoms with Gasteiger partial charge in [0, 0.05) is 16.1 Å². The van der Waals surface area contributed by atoms with Crippen LogP contribution in [0.15, 0.2) is 28.9 Å². The summed E-state index contributed by atoms with van der Waals surface area (Å²) in [5, 5.41) is 9.84. The fraction of sp³-hybridized carbons (Fsp3) is 0. The molecule has 1 heterocycles. The van der Waals surface area contributed by atoms with E-state index in [9.17, 15) is 0 Å². The molecular weight excluding hydrogens is 216 g/mol. The summed E-state index contributed by atoms with van der Waals surface area (Å²) in [4.78, 5) is 3.02. The minimum absolute atomic E-state index is 0.671. The van der Waals surface area contributed by atoms with E-state index in [4.69, 9.17) is 5.26 Å². The number of rotatable bonds is 0. The minimum atomic E-state index is 0.671. The third-order valence-electron chi connectivity index (χ3n) is 1.74. The molecule has 0 aliphatic rings. The molecule has 0 spiro atoms. The van der Waals surface area contributed by atoms with E-state index in [1.807, 2.05) is 18.3 Å². The van der Waals surface area contributed by atoms with Crippen LogP contribution in [-0.4, -0.2) is 4.98 Å². The molecule has 0 amide bonds. The number of benzene rings is 1. The average Bonchev–Trinajstić information content (AvgIpc) is 2.50. The molecule has 0 fully saturated rings. The molecule has 0 unspecified atom stereocenters. The number of hydrogen-bond acceptors (Lipinski definition) is 1. The van der Waals surface area contributed by atoms with Gasteiger partial charge >= 0.3 is 0 Å². The standard InChI is InChI=1S/C9H5BrN2/c10-8-3-6-1-2-12-9(6)7(4-8)5-11/h1-4,12H. The van der Waals surface area contributed by atoms with E-state index < -0.39 is 0 Å².